The molecule has 1 fully saturated rings. The van der Waals surface area contributed by atoms with E-state index >= 15 is 0 Å². The van der Waals surface area contributed by atoms with Gasteiger partial charge in [-0.05, 0) is 43.9 Å². The maximum absolute atomic E-state index is 12.1. The van der Waals surface area contributed by atoms with Gasteiger partial charge in [-0.1, -0.05) is 22.0 Å². The summed E-state index contributed by atoms with van der Waals surface area (Å²) in [6.07, 6.45) is 3.97. The highest BCUT2D eigenvalue weighted by molar-refractivity contribution is 9.10. The standard InChI is InChI=1S/C14H17BrO2/c1-10-4-5-11(15)9-13(10)14(16)7-6-12-3-2-8-17-12/h4-5,9,12H,2-3,6-8H2,1H3. The summed E-state index contributed by atoms with van der Waals surface area (Å²) in [4.78, 5) is 12.1. The van der Waals surface area contributed by atoms with E-state index in [0.29, 0.717) is 12.5 Å². The van der Waals surface area contributed by atoms with E-state index < -0.39 is 0 Å². The maximum atomic E-state index is 12.1. The number of halogens is 1. The summed E-state index contributed by atoms with van der Waals surface area (Å²) in [6.45, 7) is 2.83. The number of rotatable bonds is 4. The highest BCUT2D eigenvalue weighted by Crippen LogP contribution is 2.21. The van der Waals surface area contributed by atoms with Gasteiger partial charge in [-0.2, -0.15) is 0 Å². The van der Waals surface area contributed by atoms with Gasteiger partial charge in [0.2, 0.25) is 0 Å². The lowest BCUT2D eigenvalue weighted by Gasteiger charge is -2.09. The Hall–Kier alpha value is -0.670. The van der Waals surface area contributed by atoms with E-state index in [0.717, 1.165) is 41.5 Å². The van der Waals surface area contributed by atoms with Gasteiger partial charge >= 0.3 is 0 Å². The molecule has 1 aliphatic rings. The molecule has 17 heavy (non-hydrogen) atoms. The molecule has 1 atom stereocenters. The fourth-order valence-electron chi connectivity index (χ4n) is 2.19. The van der Waals surface area contributed by atoms with Crippen LogP contribution in [0.4, 0.5) is 0 Å². The molecule has 2 rings (SSSR count). The number of benzene rings is 1. The second-order valence-electron chi connectivity index (χ2n) is 4.56. The molecule has 0 amide bonds. The van der Waals surface area contributed by atoms with Crippen molar-refractivity contribution in [1.29, 1.82) is 0 Å². The molecule has 2 nitrogen and oxygen atoms in total. The third-order valence-electron chi connectivity index (χ3n) is 3.22. The largest absolute Gasteiger partial charge is 0.378 e. The lowest BCUT2D eigenvalue weighted by molar-refractivity contribution is 0.0859. The fraction of sp³-hybridized carbons (Fsp3) is 0.500. The van der Waals surface area contributed by atoms with Crippen molar-refractivity contribution in [3.05, 3.63) is 33.8 Å². The van der Waals surface area contributed by atoms with Gasteiger partial charge in [-0.15, -0.1) is 0 Å². The minimum Gasteiger partial charge on any atom is -0.378 e. The lowest BCUT2D eigenvalue weighted by atomic mass is 10.00. The third kappa shape index (κ3) is 3.39. The second-order valence-corrected chi connectivity index (χ2v) is 5.47. The van der Waals surface area contributed by atoms with E-state index in [-0.39, 0.29) is 5.78 Å². The molecule has 0 radical (unpaired) electrons. The minimum absolute atomic E-state index is 0.222. The Balaban J connectivity index is 1.96. The molecule has 0 saturated carbocycles. The van der Waals surface area contributed by atoms with Crippen LogP contribution >= 0.6 is 15.9 Å². The van der Waals surface area contributed by atoms with Gasteiger partial charge in [0, 0.05) is 23.1 Å². The third-order valence-corrected chi connectivity index (χ3v) is 3.71. The van der Waals surface area contributed by atoms with Crippen molar-refractivity contribution in [3.63, 3.8) is 0 Å². The Kier molecular flexibility index (Phi) is 4.35. The van der Waals surface area contributed by atoms with Crippen LogP contribution in [0.3, 0.4) is 0 Å². The molecular weight excluding hydrogens is 280 g/mol. The van der Waals surface area contributed by atoms with E-state index in [1.54, 1.807) is 0 Å². The Morgan fingerprint density at radius 1 is 1.53 bits per heavy atom. The van der Waals surface area contributed by atoms with E-state index in [2.05, 4.69) is 15.9 Å². The number of carbonyl (C=O) groups excluding carboxylic acids is 1. The molecule has 1 aromatic carbocycles. The zero-order chi connectivity index (χ0) is 12.3. The van der Waals surface area contributed by atoms with Crippen molar-refractivity contribution in [2.24, 2.45) is 0 Å². The number of carbonyl (C=O) groups is 1. The monoisotopic (exact) mass is 296 g/mol. The maximum Gasteiger partial charge on any atom is 0.163 e. The van der Waals surface area contributed by atoms with Crippen LogP contribution in [0.25, 0.3) is 0 Å². The van der Waals surface area contributed by atoms with Crippen LogP contribution in [0, 0.1) is 6.92 Å². The molecular formula is C14H17BrO2. The minimum atomic E-state index is 0.222. The molecule has 0 aliphatic carbocycles. The van der Waals surface area contributed by atoms with Crippen LogP contribution in [-0.4, -0.2) is 18.5 Å². The molecule has 0 N–H and O–H groups in total. The summed E-state index contributed by atoms with van der Waals surface area (Å²) in [5.74, 6) is 0.222. The van der Waals surface area contributed by atoms with E-state index in [1.807, 2.05) is 25.1 Å². The molecule has 0 spiro atoms. The smallest absolute Gasteiger partial charge is 0.163 e. The van der Waals surface area contributed by atoms with Crippen molar-refractivity contribution in [2.45, 2.75) is 38.7 Å². The van der Waals surface area contributed by atoms with Gasteiger partial charge < -0.3 is 4.74 Å². The molecule has 0 aromatic heterocycles. The molecule has 1 heterocycles. The first-order valence-electron chi connectivity index (χ1n) is 6.08. The molecule has 92 valence electrons. The summed E-state index contributed by atoms with van der Waals surface area (Å²) in [6, 6.07) is 5.85. The van der Waals surface area contributed by atoms with Crippen molar-refractivity contribution in [3.8, 4) is 0 Å². The Morgan fingerprint density at radius 2 is 2.35 bits per heavy atom. The normalized spacial score (nSPS) is 19.5. The summed E-state index contributed by atoms with van der Waals surface area (Å²) in [5.41, 5.74) is 1.88. The van der Waals surface area contributed by atoms with Crippen LogP contribution in [0.2, 0.25) is 0 Å². The van der Waals surface area contributed by atoms with Crippen molar-refractivity contribution < 1.29 is 9.53 Å². The van der Waals surface area contributed by atoms with Crippen molar-refractivity contribution >= 4 is 21.7 Å². The van der Waals surface area contributed by atoms with Crippen LogP contribution in [-0.2, 0) is 4.74 Å². The van der Waals surface area contributed by atoms with Crippen molar-refractivity contribution in [1.82, 2.24) is 0 Å². The summed E-state index contributed by atoms with van der Waals surface area (Å²) >= 11 is 3.41. The number of hydrogen-bond donors (Lipinski definition) is 0. The number of aryl methyl sites for hydroxylation is 1. The molecule has 1 saturated heterocycles. The molecule has 0 bridgehead atoms. The van der Waals surface area contributed by atoms with Gasteiger partial charge in [-0.3, -0.25) is 4.79 Å². The SMILES string of the molecule is Cc1ccc(Br)cc1C(=O)CCC1CCCO1. The Bertz CT molecular complexity index is 409. The Morgan fingerprint density at radius 3 is 3.06 bits per heavy atom. The van der Waals surface area contributed by atoms with Crippen molar-refractivity contribution in [2.75, 3.05) is 6.61 Å². The summed E-state index contributed by atoms with van der Waals surface area (Å²) in [5, 5.41) is 0. The van der Waals surface area contributed by atoms with Gasteiger partial charge in [-0.25, -0.2) is 0 Å². The first-order valence-corrected chi connectivity index (χ1v) is 6.87. The van der Waals surface area contributed by atoms with Gasteiger partial charge in [0.05, 0.1) is 6.10 Å². The predicted octanol–water partition coefficient (Wildman–Crippen LogP) is 3.90. The average Bonchev–Trinajstić information content (AvgIpc) is 2.82. The summed E-state index contributed by atoms with van der Waals surface area (Å²) in [7, 11) is 0. The van der Waals surface area contributed by atoms with E-state index in [1.165, 1.54) is 0 Å². The van der Waals surface area contributed by atoms with E-state index in [9.17, 15) is 4.79 Å². The van der Waals surface area contributed by atoms with Gasteiger partial charge in [0.15, 0.2) is 5.78 Å². The highest BCUT2D eigenvalue weighted by Gasteiger charge is 2.18. The predicted molar refractivity (Wildman–Crippen MR) is 71.4 cm³/mol. The highest BCUT2D eigenvalue weighted by atomic mass is 79.9. The molecule has 1 aromatic rings. The fourth-order valence-corrected chi connectivity index (χ4v) is 2.55. The number of hydrogen-bond acceptors (Lipinski definition) is 2. The number of Topliss-reactive ketones (excluding diaryl/α,β-unsaturated/α-hetero) is 1. The number of ether oxygens (including phenoxy) is 1. The number of ketones is 1. The first kappa shape index (κ1) is 12.8. The summed E-state index contributed by atoms with van der Waals surface area (Å²) < 4.78 is 6.49. The first-order chi connectivity index (χ1) is 8.16. The van der Waals surface area contributed by atoms with Gasteiger partial charge in [0.1, 0.15) is 0 Å². The average molecular weight is 297 g/mol. The van der Waals surface area contributed by atoms with Crippen LogP contribution in [0.5, 0.6) is 0 Å². The second kappa shape index (κ2) is 5.78. The van der Waals surface area contributed by atoms with Crippen LogP contribution < -0.4 is 0 Å². The zero-order valence-electron chi connectivity index (χ0n) is 10.0. The molecule has 1 unspecified atom stereocenters. The molecule has 1 aliphatic heterocycles. The van der Waals surface area contributed by atoms with Gasteiger partial charge in [0.25, 0.3) is 0 Å². The quantitative estimate of drug-likeness (QED) is 0.788. The van der Waals surface area contributed by atoms with Crippen LogP contribution in [0.15, 0.2) is 22.7 Å². The zero-order valence-corrected chi connectivity index (χ0v) is 11.6. The Labute approximate surface area is 110 Å². The van der Waals surface area contributed by atoms with Crippen LogP contribution in [0.1, 0.15) is 41.6 Å². The lowest BCUT2D eigenvalue weighted by Crippen LogP contribution is -2.09. The molecule has 3 heteroatoms. The van der Waals surface area contributed by atoms with E-state index in [4.69, 9.17) is 4.74 Å². The topological polar surface area (TPSA) is 26.3 Å².